The maximum atomic E-state index is 12.7. The van der Waals surface area contributed by atoms with Crippen LogP contribution in [0.5, 0.6) is 0 Å². The van der Waals surface area contributed by atoms with Crippen molar-refractivity contribution < 1.29 is 9.59 Å². The summed E-state index contributed by atoms with van der Waals surface area (Å²) in [5.41, 5.74) is 0.223. The first-order valence-corrected chi connectivity index (χ1v) is 9.88. The number of fused-ring (bicyclic) bond motifs is 1. The van der Waals surface area contributed by atoms with Crippen LogP contribution in [0.1, 0.15) is 98.3 Å². The quantitative estimate of drug-likeness (QED) is 0.600. The summed E-state index contributed by atoms with van der Waals surface area (Å²) in [6, 6.07) is 0. The number of hydrogen-bond donors (Lipinski definition) is 0. The average molecular weight is 321 g/mol. The molecule has 0 heterocycles. The second-order valence-electron chi connectivity index (χ2n) is 8.93. The van der Waals surface area contributed by atoms with Crippen LogP contribution < -0.4 is 0 Å². The van der Waals surface area contributed by atoms with Crippen molar-refractivity contribution in [2.24, 2.45) is 22.7 Å². The fourth-order valence-corrected chi connectivity index (χ4v) is 5.42. The van der Waals surface area contributed by atoms with Gasteiger partial charge in [0, 0.05) is 24.7 Å². The van der Waals surface area contributed by atoms with E-state index in [1.807, 2.05) is 0 Å². The fourth-order valence-electron chi connectivity index (χ4n) is 5.42. The number of ketones is 2. The molecule has 0 N–H and O–H groups in total. The third-order valence-corrected chi connectivity index (χ3v) is 6.80. The topological polar surface area (TPSA) is 34.1 Å². The van der Waals surface area contributed by atoms with Gasteiger partial charge in [0.2, 0.25) is 0 Å². The summed E-state index contributed by atoms with van der Waals surface area (Å²) in [4.78, 5) is 24.5. The Morgan fingerprint density at radius 1 is 1.26 bits per heavy atom. The van der Waals surface area contributed by atoms with Crippen molar-refractivity contribution in [1.29, 1.82) is 0 Å². The highest BCUT2D eigenvalue weighted by Gasteiger charge is 2.45. The smallest absolute Gasteiger partial charge is 0.138 e. The lowest BCUT2D eigenvalue weighted by Crippen LogP contribution is -2.41. The lowest BCUT2D eigenvalue weighted by molar-refractivity contribution is -0.130. The molecule has 0 spiro atoms. The van der Waals surface area contributed by atoms with Crippen LogP contribution in [0.3, 0.4) is 0 Å². The van der Waals surface area contributed by atoms with Gasteiger partial charge in [-0.2, -0.15) is 0 Å². The summed E-state index contributed by atoms with van der Waals surface area (Å²) in [6.07, 6.45) is 11.2. The molecule has 0 unspecified atom stereocenters. The third kappa shape index (κ3) is 4.25. The van der Waals surface area contributed by atoms with Crippen LogP contribution in [0.2, 0.25) is 0 Å². The molecule has 2 aliphatic rings. The molecule has 0 aliphatic heterocycles. The van der Waals surface area contributed by atoms with Crippen LogP contribution in [0.4, 0.5) is 0 Å². The van der Waals surface area contributed by atoms with Gasteiger partial charge in [0.25, 0.3) is 0 Å². The summed E-state index contributed by atoms with van der Waals surface area (Å²) < 4.78 is 0. The van der Waals surface area contributed by atoms with Gasteiger partial charge in [-0.1, -0.05) is 40.5 Å². The van der Waals surface area contributed by atoms with Crippen molar-refractivity contribution in [3.05, 3.63) is 0 Å². The molecule has 0 aromatic heterocycles. The molecule has 2 nitrogen and oxygen atoms in total. The van der Waals surface area contributed by atoms with Gasteiger partial charge in [-0.3, -0.25) is 9.59 Å². The van der Waals surface area contributed by atoms with E-state index in [2.05, 4.69) is 27.7 Å². The van der Waals surface area contributed by atoms with E-state index in [-0.39, 0.29) is 5.41 Å². The summed E-state index contributed by atoms with van der Waals surface area (Å²) in [5, 5.41) is 0. The van der Waals surface area contributed by atoms with Gasteiger partial charge >= 0.3 is 0 Å². The molecule has 0 aromatic rings. The molecule has 2 saturated carbocycles. The van der Waals surface area contributed by atoms with E-state index in [1.165, 1.54) is 19.3 Å². The molecule has 2 rings (SSSR count). The molecule has 132 valence electrons. The number of rotatable bonds is 7. The summed E-state index contributed by atoms with van der Waals surface area (Å²) >= 11 is 0. The molecule has 2 aliphatic carbocycles. The first-order valence-electron chi connectivity index (χ1n) is 9.88. The second-order valence-corrected chi connectivity index (χ2v) is 8.93. The zero-order valence-electron chi connectivity index (χ0n) is 15.7. The highest BCUT2D eigenvalue weighted by Crippen LogP contribution is 2.53. The molecular formula is C21H36O2. The molecule has 0 bridgehead atoms. The third-order valence-electron chi connectivity index (χ3n) is 6.80. The van der Waals surface area contributed by atoms with Gasteiger partial charge < -0.3 is 0 Å². The van der Waals surface area contributed by atoms with E-state index in [1.54, 1.807) is 0 Å². The van der Waals surface area contributed by atoms with Gasteiger partial charge in [-0.25, -0.2) is 0 Å². The summed E-state index contributed by atoms with van der Waals surface area (Å²) in [7, 11) is 0. The predicted molar refractivity (Wildman–Crippen MR) is 95.3 cm³/mol. The minimum Gasteiger partial charge on any atom is -0.300 e. The molecule has 2 heteroatoms. The largest absolute Gasteiger partial charge is 0.300 e. The minimum atomic E-state index is -0.122. The maximum absolute atomic E-state index is 12.7. The van der Waals surface area contributed by atoms with E-state index in [0.717, 1.165) is 51.4 Å². The predicted octanol–water partition coefficient (Wildman–Crippen LogP) is 5.73. The molecule has 23 heavy (non-hydrogen) atoms. The van der Waals surface area contributed by atoms with Crippen molar-refractivity contribution in [3.63, 3.8) is 0 Å². The fraction of sp³-hybridized carbons (Fsp3) is 0.905. The van der Waals surface area contributed by atoms with Crippen molar-refractivity contribution in [2.75, 3.05) is 0 Å². The Morgan fingerprint density at radius 3 is 2.65 bits per heavy atom. The van der Waals surface area contributed by atoms with Crippen molar-refractivity contribution in [3.8, 4) is 0 Å². The average Bonchev–Trinajstić information content (AvgIpc) is 2.48. The normalized spacial score (nSPS) is 33.8. The van der Waals surface area contributed by atoms with Crippen LogP contribution in [-0.4, -0.2) is 11.6 Å². The van der Waals surface area contributed by atoms with Gasteiger partial charge in [-0.15, -0.1) is 0 Å². The van der Waals surface area contributed by atoms with Gasteiger partial charge in [0.15, 0.2) is 0 Å². The first kappa shape index (κ1) is 18.7. The Bertz CT molecular complexity index is 441. The number of Topliss-reactive ketones (excluding diaryl/α,β-unsaturated/α-hetero) is 2. The van der Waals surface area contributed by atoms with Crippen LogP contribution >= 0.6 is 0 Å². The van der Waals surface area contributed by atoms with Crippen LogP contribution in [-0.2, 0) is 9.59 Å². The maximum Gasteiger partial charge on any atom is 0.138 e. The lowest BCUT2D eigenvalue weighted by atomic mass is 9.56. The standard InChI is InChI=1S/C21H36O2/c1-5-7-19(23)21(4,11-6-2)15-16-8-9-17-13-18(22)10-12-20(17,3)14-16/h16-17H,5-15H2,1-4H3/t16-,17+,20-,21+/m1/s1. The van der Waals surface area contributed by atoms with E-state index in [9.17, 15) is 9.59 Å². The molecule has 2 fully saturated rings. The second kappa shape index (κ2) is 7.49. The van der Waals surface area contributed by atoms with Gasteiger partial charge in [0.05, 0.1) is 0 Å². The Morgan fingerprint density at radius 2 is 2.00 bits per heavy atom. The van der Waals surface area contributed by atoms with Crippen molar-refractivity contribution in [2.45, 2.75) is 98.3 Å². The monoisotopic (exact) mass is 320 g/mol. The SMILES string of the molecule is CCCC(=O)[C@@](C)(CCC)C[C@@H]1CC[C@H]2CC(=O)CC[C@]2(C)C1. The Kier molecular flexibility index (Phi) is 6.08. The lowest BCUT2D eigenvalue weighted by Gasteiger charge is -2.49. The molecule has 0 saturated heterocycles. The number of carbonyl (C=O) groups is 2. The van der Waals surface area contributed by atoms with Gasteiger partial charge in [0.1, 0.15) is 11.6 Å². The van der Waals surface area contributed by atoms with Gasteiger partial charge in [-0.05, 0) is 55.8 Å². The molecule has 0 aromatic carbocycles. The highest BCUT2D eigenvalue weighted by molar-refractivity contribution is 5.84. The molecule has 0 amide bonds. The van der Waals surface area contributed by atoms with E-state index >= 15 is 0 Å². The summed E-state index contributed by atoms with van der Waals surface area (Å²) in [6.45, 7) is 8.92. The van der Waals surface area contributed by atoms with E-state index in [4.69, 9.17) is 0 Å². The first-order chi connectivity index (χ1) is 10.8. The van der Waals surface area contributed by atoms with E-state index in [0.29, 0.717) is 28.8 Å². The van der Waals surface area contributed by atoms with Crippen LogP contribution in [0, 0.1) is 22.7 Å². The molecule has 0 radical (unpaired) electrons. The summed E-state index contributed by atoms with van der Waals surface area (Å²) in [5.74, 6) is 2.22. The zero-order chi connectivity index (χ0) is 17.1. The Hall–Kier alpha value is -0.660. The van der Waals surface area contributed by atoms with Crippen LogP contribution in [0.15, 0.2) is 0 Å². The minimum absolute atomic E-state index is 0.122. The molecule has 4 atom stereocenters. The highest BCUT2D eigenvalue weighted by atomic mass is 16.1. The van der Waals surface area contributed by atoms with Crippen molar-refractivity contribution in [1.82, 2.24) is 0 Å². The molecular weight excluding hydrogens is 284 g/mol. The number of carbonyl (C=O) groups excluding carboxylic acids is 2. The van der Waals surface area contributed by atoms with Crippen molar-refractivity contribution >= 4 is 11.6 Å². The zero-order valence-corrected chi connectivity index (χ0v) is 15.7. The Labute approximate surface area is 142 Å². The Balaban J connectivity index is 2.04. The number of hydrogen-bond acceptors (Lipinski definition) is 2. The van der Waals surface area contributed by atoms with Crippen LogP contribution in [0.25, 0.3) is 0 Å². The van der Waals surface area contributed by atoms with E-state index < -0.39 is 0 Å².